The molecule has 0 aliphatic carbocycles. The van der Waals surface area contributed by atoms with Crippen LogP contribution in [0.25, 0.3) is 0 Å². The fourth-order valence-corrected chi connectivity index (χ4v) is 0.496. The van der Waals surface area contributed by atoms with Gasteiger partial charge in [0.15, 0.2) is 0 Å². The third kappa shape index (κ3) is 1.98. The van der Waals surface area contributed by atoms with E-state index in [0.717, 1.165) is 5.57 Å². The van der Waals surface area contributed by atoms with Crippen LogP contribution in [0.3, 0.4) is 0 Å². The van der Waals surface area contributed by atoms with E-state index in [0.29, 0.717) is 12.5 Å². The van der Waals surface area contributed by atoms with Crippen LogP contribution < -0.4 is 11.5 Å². The lowest BCUT2D eigenvalue weighted by molar-refractivity contribution is 0.742. The molecule has 8 heavy (non-hydrogen) atoms. The normalized spacial score (nSPS) is 12.8. The molecule has 0 aromatic carbocycles. The zero-order valence-electron chi connectivity index (χ0n) is 5.52. The zero-order chi connectivity index (χ0) is 6.57. The van der Waals surface area contributed by atoms with Crippen molar-refractivity contribution in [3.05, 3.63) is 11.8 Å². The van der Waals surface area contributed by atoms with Crippen LogP contribution >= 0.6 is 0 Å². The van der Waals surface area contributed by atoms with E-state index >= 15 is 0 Å². The Hall–Kier alpha value is -0.500. The molecule has 0 radical (unpaired) electrons. The third-order valence-electron chi connectivity index (χ3n) is 1.19. The monoisotopic (exact) mass is 114 g/mol. The molecule has 2 nitrogen and oxygen atoms in total. The molecule has 0 fully saturated rings. The Labute approximate surface area is 50.6 Å². The van der Waals surface area contributed by atoms with E-state index in [2.05, 4.69) is 13.8 Å². The molecule has 4 N–H and O–H groups in total. The van der Waals surface area contributed by atoms with Crippen LogP contribution in [-0.4, -0.2) is 6.54 Å². The summed E-state index contributed by atoms with van der Waals surface area (Å²) in [6.07, 6.45) is 1.59. The topological polar surface area (TPSA) is 52.0 Å². The van der Waals surface area contributed by atoms with E-state index in [-0.39, 0.29) is 0 Å². The van der Waals surface area contributed by atoms with Crippen LogP contribution in [0.15, 0.2) is 11.8 Å². The summed E-state index contributed by atoms with van der Waals surface area (Å²) in [5, 5.41) is 0. The van der Waals surface area contributed by atoms with Crippen LogP contribution in [0.1, 0.15) is 13.8 Å². The van der Waals surface area contributed by atoms with Crippen molar-refractivity contribution in [1.82, 2.24) is 0 Å². The van der Waals surface area contributed by atoms with Crippen molar-refractivity contribution in [3.63, 3.8) is 0 Å². The Kier molecular flexibility index (Phi) is 3.28. The van der Waals surface area contributed by atoms with E-state index < -0.39 is 0 Å². The fourth-order valence-electron chi connectivity index (χ4n) is 0.496. The van der Waals surface area contributed by atoms with Crippen LogP contribution in [0.5, 0.6) is 0 Å². The average Bonchev–Trinajstić information content (AvgIpc) is 1.69. The van der Waals surface area contributed by atoms with E-state index in [9.17, 15) is 0 Å². The lowest BCUT2D eigenvalue weighted by Crippen LogP contribution is -2.09. The van der Waals surface area contributed by atoms with Gasteiger partial charge in [-0.05, 0) is 17.7 Å². The minimum Gasteiger partial charge on any atom is -0.405 e. The predicted octanol–water partition coefficient (Wildman–Crippen LogP) is 0.444. The Morgan fingerprint density at radius 2 is 2.12 bits per heavy atom. The van der Waals surface area contributed by atoms with Gasteiger partial charge >= 0.3 is 0 Å². The van der Waals surface area contributed by atoms with Crippen molar-refractivity contribution in [2.75, 3.05) is 6.54 Å². The van der Waals surface area contributed by atoms with Crippen molar-refractivity contribution in [3.8, 4) is 0 Å². The van der Waals surface area contributed by atoms with E-state index in [1.807, 2.05) is 0 Å². The molecule has 2 heteroatoms. The quantitative estimate of drug-likeness (QED) is 0.547. The number of rotatable bonds is 2. The molecule has 0 rings (SSSR count). The lowest BCUT2D eigenvalue weighted by Gasteiger charge is -2.05. The van der Waals surface area contributed by atoms with Gasteiger partial charge in [0.1, 0.15) is 0 Å². The summed E-state index contributed by atoms with van der Waals surface area (Å²) < 4.78 is 0. The molecule has 48 valence electrons. The van der Waals surface area contributed by atoms with Crippen molar-refractivity contribution >= 4 is 0 Å². The molecule has 0 aliphatic heterocycles. The first-order valence-corrected chi connectivity index (χ1v) is 2.83. The molecule has 0 saturated carbocycles. The summed E-state index contributed by atoms with van der Waals surface area (Å²) in [5.74, 6) is 0.491. The average molecular weight is 114 g/mol. The molecule has 0 saturated heterocycles. The highest BCUT2D eigenvalue weighted by Crippen LogP contribution is 2.03. The highest BCUT2D eigenvalue weighted by atomic mass is 14.6. The second-order valence-corrected chi connectivity index (χ2v) is 2.10. The van der Waals surface area contributed by atoms with Crippen LogP contribution in [0, 0.1) is 5.92 Å². The summed E-state index contributed by atoms with van der Waals surface area (Å²) in [6, 6.07) is 0. The summed E-state index contributed by atoms with van der Waals surface area (Å²) >= 11 is 0. The van der Waals surface area contributed by atoms with Gasteiger partial charge in [0, 0.05) is 6.54 Å². The maximum absolute atomic E-state index is 5.34. The van der Waals surface area contributed by atoms with Gasteiger partial charge in [-0.2, -0.15) is 0 Å². The molecule has 0 unspecified atom stereocenters. The summed E-state index contributed by atoms with van der Waals surface area (Å²) in [5.41, 5.74) is 11.7. The first-order chi connectivity index (χ1) is 3.72. The summed E-state index contributed by atoms with van der Waals surface area (Å²) in [7, 11) is 0. The smallest absolute Gasteiger partial charge is 0.0156 e. The third-order valence-corrected chi connectivity index (χ3v) is 1.19. The van der Waals surface area contributed by atoms with Gasteiger partial charge in [0.05, 0.1) is 0 Å². The Balaban J connectivity index is 3.72. The number of hydrogen-bond donors (Lipinski definition) is 2. The molecule has 0 heterocycles. The van der Waals surface area contributed by atoms with Gasteiger partial charge in [-0.1, -0.05) is 13.8 Å². The maximum Gasteiger partial charge on any atom is 0.0156 e. The predicted molar refractivity (Wildman–Crippen MR) is 36.2 cm³/mol. The largest absolute Gasteiger partial charge is 0.405 e. The van der Waals surface area contributed by atoms with Crippen LogP contribution in [0.4, 0.5) is 0 Å². The molecule has 0 spiro atoms. The minimum absolute atomic E-state index is 0.491. The van der Waals surface area contributed by atoms with Crippen LogP contribution in [0.2, 0.25) is 0 Å². The van der Waals surface area contributed by atoms with Gasteiger partial charge in [-0.25, -0.2) is 0 Å². The second kappa shape index (κ2) is 3.50. The van der Waals surface area contributed by atoms with Crippen LogP contribution in [-0.2, 0) is 0 Å². The van der Waals surface area contributed by atoms with Gasteiger partial charge in [-0.15, -0.1) is 0 Å². The Morgan fingerprint density at radius 3 is 2.12 bits per heavy atom. The summed E-state index contributed by atoms with van der Waals surface area (Å²) in [4.78, 5) is 0. The highest BCUT2D eigenvalue weighted by Gasteiger charge is 1.96. The maximum atomic E-state index is 5.34. The summed E-state index contributed by atoms with van der Waals surface area (Å²) in [6.45, 7) is 4.73. The second-order valence-electron chi connectivity index (χ2n) is 2.10. The van der Waals surface area contributed by atoms with Gasteiger partial charge in [0.2, 0.25) is 0 Å². The van der Waals surface area contributed by atoms with Gasteiger partial charge < -0.3 is 11.5 Å². The Morgan fingerprint density at radius 1 is 1.62 bits per heavy atom. The van der Waals surface area contributed by atoms with Gasteiger partial charge in [0.25, 0.3) is 0 Å². The SMILES string of the molecule is CC(C)C(=CN)CN. The van der Waals surface area contributed by atoms with E-state index in [1.165, 1.54) is 0 Å². The van der Waals surface area contributed by atoms with E-state index in [1.54, 1.807) is 6.20 Å². The van der Waals surface area contributed by atoms with Crippen molar-refractivity contribution in [2.24, 2.45) is 17.4 Å². The Bertz CT molecular complexity index is 84.5. The minimum atomic E-state index is 0.491. The zero-order valence-corrected chi connectivity index (χ0v) is 5.52. The first-order valence-electron chi connectivity index (χ1n) is 2.83. The number of nitrogens with two attached hydrogens (primary N) is 2. The molecule has 0 bridgehead atoms. The lowest BCUT2D eigenvalue weighted by atomic mass is 10.1. The van der Waals surface area contributed by atoms with Crippen molar-refractivity contribution in [2.45, 2.75) is 13.8 Å². The molecule has 0 aromatic rings. The molecule has 0 atom stereocenters. The standard InChI is InChI=1S/C6H14N2/c1-5(2)6(3-7)4-8/h3,5H,4,7-8H2,1-2H3. The van der Waals surface area contributed by atoms with Gasteiger partial charge in [-0.3, -0.25) is 0 Å². The van der Waals surface area contributed by atoms with E-state index in [4.69, 9.17) is 11.5 Å². The van der Waals surface area contributed by atoms with Crippen molar-refractivity contribution in [1.29, 1.82) is 0 Å². The van der Waals surface area contributed by atoms with Crippen molar-refractivity contribution < 1.29 is 0 Å². The molecule has 0 aliphatic rings. The molecule has 0 amide bonds. The first kappa shape index (κ1) is 7.50. The molecular formula is C6H14N2. The highest BCUT2D eigenvalue weighted by molar-refractivity contribution is 5.03. The molecule has 0 aromatic heterocycles. The number of hydrogen-bond acceptors (Lipinski definition) is 2. The molecular weight excluding hydrogens is 100 g/mol. The fraction of sp³-hybridized carbons (Fsp3) is 0.667.